The quantitative estimate of drug-likeness (QED) is 0.645. The highest BCUT2D eigenvalue weighted by Gasteiger charge is 2.32. The minimum atomic E-state index is -0.529. The monoisotopic (exact) mass is 418 g/mol. The Balaban J connectivity index is 1.14. The Hall–Kier alpha value is -1.87. The van der Waals surface area contributed by atoms with Crippen molar-refractivity contribution < 1.29 is 19.4 Å². The van der Waals surface area contributed by atoms with E-state index in [4.69, 9.17) is 9.47 Å². The predicted molar refractivity (Wildman–Crippen MR) is 114 cm³/mol. The van der Waals surface area contributed by atoms with Crippen LogP contribution in [0.4, 0.5) is 4.79 Å². The van der Waals surface area contributed by atoms with Crippen LogP contribution in [0.3, 0.4) is 0 Å². The number of aliphatic hydroxyl groups is 1. The van der Waals surface area contributed by atoms with Crippen molar-refractivity contribution in [2.24, 2.45) is 0 Å². The van der Waals surface area contributed by atoms with Gasteiger partial charge in [-0.15, -0.1) is 0 Å². The molecule has 30 heavy (non-hydrogen) atoms. The molecule has 8 heteroatoms. The van der Waals surface area contributed by atoms with Gasteiger partial charge in [-0.25, -0.2) is 4.79 Å². The number of aliphatic hydroxyl groups excluding tert-OH is 1. The molecule has 4 rings (SSSR count). The lowest BCUT2D eigenvalue weighted by molar-refractivity contribution is 0.0497. The van der Waals surface area contributed by atoms with Gasteiger partial charge in [-0.2, -0.15) is 0 Å². The summed E-state index contributed by atoms with van der Waals surface area (Å²) in [4.78, 5) is 18.3. The zero-order valence-corrected chi connectivity index (χ0v) is 17.7. The summed E-state index contributed by atoms with van der Waals surface area (Å²) in [6, 6.07) is 8.47. The number of hydrogen-bond donors (Lipinski definition) is 2. The maximum atomic E-state index is 11.7. The summed E-state index contributed by atoms with van der Waals surface area (Å²) in [6.07, 6.45) is 1.15. The maximum absolute atomic E-state index is 11.7. The number of benzene rings is 1. The van der Waals surface area contributed by atoms with Crippen molar-refractivity contribution in [3.63, 3.8) is 0 Å². The number of likely N-dealkylation sites (tertiary alicyclic amines) is 1. The lowest BCUT2D eigenvalue weighted by Crippen LogP contribution is -2.47. The van der Waals surface area contributed by atoms with Crippen LogP contribution in [0.25, 0.3) is 0 Å². The second-order valence-corrected chi connectivity index (χ2v) is 8.47. The van der Waals surface area contributed by atoms with Gasteiger partial charge in [0.25, 0.3) is 0 Å². The van der Waals surface area contributed by atoms with Crippen molar-refractivity contribution in [3.05, 3.63) is 29.8 Å². The van der Waals surface area contributed by atoms with Crippen LogP contribution in [0, 0.1) is 0 Å². The highest BCUT2D eigenvalue weighted by molar-refractivity contribution is 5.69. The van der Waals surface area contributed by atoms with E-state index in [9.17, 15) is 9.90 Å². The van der Waals surface area contributed by atoms with Crippen LogP contribution in [0.5, 0.6) is 5.75 Å². The van der Waals surface area contributed by atoms with Crippen molar-refractivity contribution in [2.45, 2.75) is 31.5 Å². The lowest BCUT2D eigenvalue weighted by Gasteiger charge is -2.36. The van der Waals surface area contributed by atoms with Gasteiger partial charge in [0.2, 0.25) is 0 Å². The van der Waals surface area contributed by atoms with Crippen LogP contribution in [0.1, 0.15) is 18.4 Å². The summed E-state index contributed by atoms with van der Waals surface area (Å²) in [5.41, 5.74) is 1.29. The van der Waals surface area contributed by atoms with E-state index in [0.29, 0.717) is 19.7 Å². The molecule has 0 spiro atoms. The Morgan fingerprint density at radius 3 is 2.47 bits per heavy atom. The first kappa shape index (κ1) is 21.4. The second kappa shape index (κ2) is 10.4. The van der Waals surface area contributed by atoms with E-state index in [1.54, 1.807) is 0 Å². The van der Waals surface area contributed by atoms with E-state index in [1.165, 1.54) is 5.56 Å². The summed E-state index contributed by atoms with van der Waals surface area (Å²) < 4.78 is 10.8. The molecule has 8 nitrogen and oxygen atoms in total. The number of piperidine rings is 1. The van der Waals surface area contributed by atoms with Gasteiger partial charge in [-0.1, -0.05) is 12.1 Å². The normalized spacial score (nSPS) is 22.8. The molecule has 2 N–H and O–H groups in total. The van der Waals surface area contributed by atoms with E-state index in [2.05, 4.69) is 27.2 Å². The predicted octanol–water partition coefficient (Wildman–Crippen LogP) is 0.748. The molecule has 3 saturated heterocycles. The lowest BCUT2D eigenvalue weighted by atomic mass is 10.0. The number of rotatable bonds is 8. The Labute approximate surface area is 178 Å². The van der Waals surface area contributed by atoms with Gasteiger partial charge in [0.1, 0.15) is 25.1 Å². The van der Waals surface area contributed by atoms with E-state index in [0.717, 1.165) is 64.4 Å². The van der Waals surface area contributed by atoms with Crippen LogP contribution in [0.15, 0.2) is 24.3 Å². The Morgan fingerprint density at radius 2 is 1.80 bits per heavy atom. The molecular formula is C22H34N4O4. The van der Waals surface area contributed by atoms with Gasteiger partial charge in [0, 0.05) is 58.4 Å². The molecule has 1 unspecified atom stereocenters. The molecule has 3 aliphatic heterocycles. The van der Waals surface area contributed by atoms with Crippen molar-refractivity contribution in [2.75, 3.05) is 65.6 Å². The molecule has 0 aromatic heterocycles. The van der Waals surface area contributed by atoms with Gasteiger partial charge in [-0.05, 0) is 30.5 Å². The number of carbonyl (C=O) groups excluding carboxylic acids is 1. The number of piperazine rings is 1. The van der Waals surface area contributed by atoms with Gasteiger partial charge in [0.05, 0.1) is 6.54 Å². The molecule has 1 amide bonds. The summed E-state index contributed by atoms with van der Waals surface area (Å²) in [7, 11) is 0. The van der Waals surface area contributed by atoms with Crippen LogP contribution < -0.4 is 10.1 Å². The standard InChI is InChI=1S/C22H34N4O4/c27-20(16-24-9-5-19(6-10-24)26-13-14-29-22(26)28)17-30-21-3-1-18(2-4-21)15-25-11-7-23-8-12-25/h1-4,19-20,23,27H,5-17H2. The Kier molecular flexibility index (Phi) is 7.43. The van der Waals surface area contributed by atoms with Crippen LogP contribution in [-0.4, -0.2) is 104 Å². The Morgan fingerprint density at radius 1 is 1.07 bits per heavy atom. The molecule has 0 radical (unpaired) electrons. The fraction of sp³-hybridized carbons (Fsp3) is 0.682. The van der Waals surface area contributed by atoms with Crippen LogP contribution in [-0.2, 0) is 11.3 Å². The number of cyclic esters (lactones) is 1. The summed E-state index contributed by atoms with van der Waals surface area (Å²) in [6.45, 7) is 9.11. The third kappa shape index (κ3) is 5.85. The van der Waals surface area contributed by atoms with E-state index in [-0.39, 0.29) is 18.7 Å². The Bertz CT molecular complexity index is 672. The van der Waals surface area contributed by atoms with Crippen molar-refractivity contribution in [1.29, 1.82) is 0 Å². The minimum absolute atomic E-state index is 0.180. The first-order chi connectivity index (χ1) is 14.7. The molecule has 3 heterocycles. The minimum Gasteiger partial charge on any atom is -0.491 e. The maximum Gasteiger partial charge on any atom is 0.410 e. The van der Waals surface area contributed by atoms with Gasteiger partial charge in [-0.3, -0.25) is 4.90 Å². The van der Waals surface area contributed by atoms with E-state index in [1.807, 2.05) is 17.0 Å². The van der Waals surface area contributed by atoms with Gasteiger partial charge < -0.3 is 29.7 Å². The molecule has 1 aromatic rings. The molecule has 3 aliphatic rings. The fourth-order valence-corrected chi connectivity index (χ4v) is 4.51. The van der Waals surface area contributed by atoms with E-state index < -0.39 is 6.10 Å². The number of carbonyl (C=O) groups is 1. The fourth-order valence-electron chi connectivity index (χ4n) is 4.51. The second-order valence-electron chi connectivity index (χ2n) is 8.47. The number of nitrogens with zero attached hydrogens (tertiary/aromatic N) is 3. The highest BCUT2D eigenvalue weighted by atomic mass is 16.6. The summed E-state index contributed by atoms with van der Waals surface area (Å²) in [5, 5.41) is 13.8. The number of nitrogens with one attached hydrogen (secondary N) is 1. The zero-order valence-electron chi connectivity index (χ0n) is 17.7. The molecule has 0 saturated carbocycles. The first-order valence-electron chi connectivity index (χ1n) is 11.2. The molecule has 1 atom stereocenters. The SMILES string of the molecule is O=C1OCCN1C1CCN(CC(O)COc2ccc(CN3CCNCC3)cc2)CC1. The third-order valence-corrected chi connectivity index (χ3v) is 6.24. The molecule has 3 fully saturated rings. The third-order valence-electron chi connectivity index (χ3n) is 6.24. The molecule has 0 bridgehead atoms. The number of ether oxygens (including phenoxy) is 2. The molecular weight excluding hydrogens is 384 g/mol. The summed E-state index contributed by atoms with van der Waals surface area (Å²) in [5.74, 6) is 0.796. The number of amides is 1. The van der Waals surface area contributed by atoms with E-state index >= 15 is 0 Å². The van der Waals surface area contributed by atoms with Crippen molar-refractivity contribution >= 4 is 6.09 Å². The van der Waals surface area contributed by atoms with Crippen molar-refractivity contribution in [1.82, 2.24) is 20.0 Å². The first-order valence-corrected chi connectivity index (χ1v) is 11.2. The van der Waals surface area contributed by atoms with Crippen LogP contribution in [0.2, 0.25) is 0 Å². The summed E-state index contributed by atoms with van der Waals surface area (Å²) >= 11 is 0. The van der Waals surface area contributed by atoms with Gasteiger partial charge >= 0.3 is 6.09 Å². The molecule has 166 valence electrons. The topological polar surface area (TPSA) is 77.5 Å². The number of β-amino-alcohol motifs (C(OH)–C–C–N with tert-alkyl or cyclic N) is 1. The average molecular weight is 419 g/mol. The smallest absolute Gasteiger partial charge is 0.410 e. The zero-order chi connectivity index (χ0) is 20.8. The van der Waals surface area contributed by atoms with Gasteiger partial charge in [0.15, 0.2) is 0 Å². The largest absolute Gasteiger partial charge is 0.491 e. The average Bonchev–Trinajstić information content (AvgIpc) is 3.20. The van der Waals surface area contributed by atoms with Crippen LogP contribution >= 0.6 is 0 Å². The number of hydrogen-bond acceptors (Lipinski definition) is 7. The molecule has 0 aliphatic carbocycles. The molecule has 1 aromatic carbocycles. The highest BCUT2D eigenvalue weighted by Crippen LogP contribution is 2.20. The van der Waals surface area contributed by atoms with Crippen molar-refractivity contribution in [3.8, 4) is 5.75 Å².